The number of furan rings is 1. The lowest BCUT2D eigenvalue weighted by Gasteiger charge is -2.15. The number of likely N-dealkylation sites (tertiary alicyclic amines) is 1. The SMILES string of the molecule is Cc1nc(OCC(=O)NCCCN2CCCC2=O)c2c(C)c(C)oc2n1. The summed E-state index contributed by atoms with van der Waals surface area (Å²) in [6.45, 7) is 7.40. The van der Waals surface area contributed by atoms with Gasteiger partial charge < -0.3 is 19.4 Å². The van der Waals surface area contributed by atoms with Crippen LogP contribution in [0.4, 0.5) is 0 Å². The second-order valence-corrected chi connectivity index (χ2v) is 6.52. The molecule has 0 aliphatic carbocycles. The Morgan fingerprint density at radius 1 is 1.31 bits per heavy atom. The lowest BCUT2D eigenvalue weighted by Crippen LogP contribution is -2.33. The summed E-state index contributed by atoms with van der Waals surface area (Å²) in [7, 11) is 0. The van der Waals surface area contributed by atoms with E-state index in [1.165, 1.54) is 0 Å². The minimum atomic E-state index is -0.222. The first-order valence-electron chi connectivity index (χ1n) is 8.87. The van der Waals surface area contributed by atoms with E-state index in [0.29, 0.717) is 42.3 Å². The van der Waals surface area contributed by atoms with Crippen LogP contribution in [0.1, 0.15) is 36.4 Å². The van der Waals surface area contributed by atoms with Crippen LogP contribution >= 0.6 is 0 Å². The molecular formula is C18H24N4O4. The number of hydrogen-bond acceptors (Lipinski definition) is 6. The highest BCUT2D eigenvalue weighted by Gasteiger charge is 2.19. The maximum absolute atomic E-state index is 12.0. The zero-order chi connectivity index (χ0) is 18.7. The molecule has 8 heteroatoms. The van der Waals surface area contributed by atoms with Crippen LogP contribution in [-0.2, 0) is 9.59 Å². The third-order valence-corrected chi connectivity index (χ3v) is 4.55. The molecule has 0 bridgehead atoms. The van der Waals surface area contributed by atoms with Gasteiger partial charge in [0.1, 0.15) is 17.0 Å². The van der Waals surface area contributed by atoms with Gasteiger partial charge in [-0.25, -0.2) is 0 Å². The minimum absolute atomic E-state index is 0.127. The number of nitrogens with zero attached hydrogens (tertiary/aromatic N) is 3. The molecule has 3 heterocycles. The van der Waals surface area contributed by atoms with Crippen molar-refractivity contribution in [2.24, 2.45) is 0 Å². The number of amides is 2. The van der Waals surface area contributed by atoms with Crippen LogP contribution in [0.3, 0.4) is 0 Å². The van der Waals surface area contributed by atoms with Crippen molar-refractivity contribution in [3.8, 4) is 5.88 Å². The number of fused-ring (bicyclic) bond motifs is 1. The molecule has 2 aromatic rings. The molecule has 1 saturated heterocycles. The van der Waals surface area contributed by atoms with E-state index in [4.69, 9.17) is 9.15 Å². The molecule has 26 heavy (non-hydrogen) atoms. The topological polar surface area (TPSA) is 97.6 Å². The third-order valence-electron chi connectivity index (χ3n) is 4.55. The Morgan fingerprint density at radius 3 is 2.85 bits per heavy atom. The smallest absolute Gasteiger partial charge is 0.258 e. The molecule has 1 N–H and O–H groups in total. The fourth-order valence-electron chi connectivity index (χ4n) is 3.04. The zero-order valence-corrected chi connectivity index (χ0v) is 15.4. The van der Waals surface area contributed by atoms with E-state index in [-0.39, 0.29) is 18.4 Å². The average molecular weight is 360 g/mol. The molecule has 0 atom stereocenters. The first-order chi connectivity index (χ1) is 12.5. The zero-order valence-electron chi connectivity index (χ0n) is 15.4. The van der Waals surface area contributed by atoms with E-state index in [9.17, 15) is 9.59 Å². The molecule has 2 amide bonds. The molecule has 3 rings (SSSR count). The maximum atomic E-state index is 12.0. The molecule has 1 fully saturated rings. The predicted octanol–water partition coefficient (Wildman–Crippen LogP) is 1.66. The number of nitrogens with one attached hydrogen (secondary N) is 1. The summed E-state index contributed by atoms with van der Waals surface area (Å²) in [5.41, 5.74) is 1.38. The fourth-order valence-corrected chi connectivity index (χ4v) is 3.04. The summed E-state index contributed by atoms with van der Waals surface area (Å²) in [4.78, 5) is 33.9. The highest BCUT2D eigenvalue weighted by molar-refractivity contribution is 5.85. The summed E-state index contributed by atoms with van der Waals surface area (Å²) in [5.74, 6) is 1.62. The van der Waals surface area contributed by atoms with Crippen molar-refractivity contribution in [1.82, 2.24) is 20.2 Å². The van der Waals surface area contributed by atoms with Crippen LogP contribution in [-0.4, -0.2) is 52.9 Å². The number of rotatable bonds is 7. The molecule has 1 aliphatic rings. The molecule has 0 saturated carbocycles. The molecule has 0 spiro atoms. The van der Waals surface area contributed by atoms with Gasteiger partial charge in [0.25, 0.3) is 5.91 Å². The van der Waals surface area contributed by atoms with E-state index in [1.54, 1.807) is 6.92 Å². The van der Waals surface area contributed by atoms with Crippen molar-refractivity contribution >= 4 is 22.9 Å². The van der Waals surface area contributed by atoms with Crippen LogP contribution in [0.5, 0.6) is 5.88 Å². The van der Waals surface area contributed by atoms with Crippen LogP contribution < -0.4 is 10.1 Å². The molecule has 2 aromatic heterocycles. The molecule has 140 valence electrons. The van der Waals surface area contributed by atoms with Crippen LogP contribution in [0.25, 0.3) is 11.1 Å². The molecule has 0 aromatic carbocycles. The Morgan fingerprint density at radius 2 is 2.12 bits per heavy atom. The van der Waals surface area contributed by atoms with Crippen LogP contribution in [0.15, 0.2) is 4.42 Å². The number of aryl methyl sites for hydroxylation is 3. The summed E-state index contributed by atoms with van der Waals surface area (Å²) in [5, 5.41) is 3.51. The number of hydrogen-bond donors (Lipinski definition) is 1. The van der Waals surface area contributed by atoms with Gasteiger partial charge in [0.2, 0.25) is 17.5 Å². The second-order valence-electron chi connectivity index (χ2n) is 6.52. The van der Waals surface area contributed by atoms with Crippen molar-refractivity contribution in [3.63, 3.8) is 0 Å². The second kappa shape index (κ2) is 7.72. The fraction of sp³-hybridized carbons (Fsp3) is 0.556. The van der Waals surface area contributed by atoms with Gasteiger partial charge in [0, 0.05) is 31.6 Å². The Labute approximate surface area is 151 Å². The van der Waals surface area contributed by atoms with E-state index < -0.39 is 0 Å². The van der Waals surface area contributed by atoms with Crippen LogP contribution in [0.2, 0.25) is 0 Å². The van der Waals surface area contributed by atoms with Crippen LogP contribution in [0, 0.1) is 20.8 Å². The molecule has 0 unspecified atom stereocenters. The van der Waals surface area contributed by atoms with Crippen molar-refractivity contribution in [2.45, 2.75) is 40.0 Å². The largest absolute Gasteiger partial charge is 0.467 e. The van der Waals surface area contributed by atoms with Gasteiger partial charge in [0.05, 0.1) is 0 Å². The lowest BCUT2D eigenvalue weighted by atomic mass is 10.2. The summed E-state index contributed by atoms with van der Waals surface area (Å²) >= 11 is 0. The summed E-state index contributed by atoms with van der Waals surface area (Å²) in [6.07, 6.45) is 2.30. The van der Waals surface area contributed by atoms with Crippen molar-refractivity contribution in [1.29, 1.82) is 0 Å². The lowest BCUT2D eigenvalue weighted by molar-refractivity contribution is -0.127. The highest BCUT2D eigenvalue weighted by atomic mass is 16.5. The first kappa shape index (κ1) is 18.2. The van der Waals surface area contributed by atoms with Crippen molar-refractivity contribution < 1.29 is 18.7 Å². The highest BCUT2D eigenvalue weighted by Crippen LogP contribution is 2.30. The van der Waals surface area contributed by atoms with E-state index in [2.05, 4.69) is 15.3 Å². The van der Waals surface area contributed by atoms with Gasteiger partial charge >= 0.3 is 0 Å². The minimum Gasteiger partial charge on any atom is -0.467 e. The number of aromatic nitrogens is 2. The van der Waals surface area contributed by atoms with E-state index in [0.717, 1.165) is 30.7 Å². The monoisotopic (exact) mass is 360 g/mol. The van der Waals surface area contributed by atoms with Gasteiger partial charge in [-0.05, 0) is 33.6 Å². The number of ether oxygens (including phenoxy) is 1. The number of carbonyl (C=O) groups is 2. The van der Waals surface area contributed by atoms with E-state index >= 15 is 0 Å². The average Bonchev–Trinajstić information content (AvgIpc) is 3.12. The number of carbonyl (C=O) groups excluding carboxylic acids is 2. The quantitative estimate of drug-likeness (QED) is 0.754. The Balaban J connectivity index is 1.50. The molecular weight excluding hydrogens is 336 g/mol. The Hall–Kier alpha value is -2.64. The summed E-state index contributed by atoms with van der Waals surface area (Å²) in [6, 6.07) is 0. The van der Waals surface area contributed by atoms with E-state index in [1.807, 2.05) is 18.7 Å². The third kappa shape index (κ3) is 3.95. The predicted molar refractivity (Wildman–Crippen MR) is 95.0 cm³/mol. The van der Waals surface area contributed by atoms with Gasteiger partial charge in [-0.2, -0.15) is 9.97 Å². The standard InChI is InChI=1S/C18H24N4O4/c1-11-12(2)26-18-16(11)17(20-13(3)21-18)25-10-14(23)19-7-5-9-22-8-4-6-15(22)24/h4-10H2,1-3H3,(H,19,23). The maximum Gasteiger partial charge on any atom is 0.258 e. The first-order valence-corrected chi connectivity index (χ1v) is 8.87. The van der Waals surface area contributed by atoms with Gasteiger partial charge in [-0.3, -0.25) is 9.59 Å². The van der Waals surface area contributed by atoms with Gasteiger partial charge in [-0.15, -0.1) is 0 Å². The normalized spacial score (nSPS) is 14.3. The molecule has 0 radical (unpaired) electrons. The van der Waals surface area contributed by atoms with Crippen molar-refractivity contribution in [3.05, 3.63) is 17.1 Å². The van der Waals surface area contributed by atoms with Crippen molar-refractivity contribution in [2.75, 3.05) is 26.2 Å². The van der Waals surface area contributed by atoms with Gasteiger partial charge in [0.15, 0.2) is 6.61 Å². The molecule has 8 nitrogen and oxygen atoms in total. The van der Waals surface area contributed by atoms with Gasteiger partial charge in [-0.1, -0.05) is 0 Å². The Kier molecular flexibility index (Phi) is 5.39. The molecule has 1 aliphatic heterocycles. The Bertz CT molecular complexity index is 830. The summed E-state index contributed by atoms with van der Waals surface area (Å²) < 4.78 is 11.2.